The SMILES string of the molecule is CC(O)(c1ccccc1[N+](=O)[O-])[N+](=O)[O-]. The molecule has 1 aromatic carbocycles. The summed E-state index contributed by atoms with van der Waals surface area (Å²) in [4.78, 5) is 19.3. The van der Waals surface area contributed by atoms with Crippen molar-refractivity contribution in [2.45, 2.75) is 12.6 Å². The van der Waals surface area contributed by atoms with Crippen molar-refractivity contribution >= 4 is 5.69 Å². The summed E-state index contributed by atoms with van der Waals surface area (Å²) >= 11 is 0. The van der Waals surface area contributed by atoms with Crippen LogP contribution in [0.4, 0.5) is 5.69 Å². The fourth-order valence-electron chi connectivity index (χ4n) is 1.13. The van der Waals surface area contributed by atoms with Gasteiger partial charge in [0.1, 0.15) is 5.56 Å². The van der Waals surface area contributed by atoms with E-state index in [0.29, 0.717) is 0 Å². The summed E-state index contributed by atoms with van der Waals surface area (Å²) in [6.07, 6.45) is 0. The topological polar surface area (TPSA) is 107 Å². The fraction of sp³-hybridized carbons (Fsp3) is 0.250. The molecule has 0 aromatic heterocycles. The maximum atomic E-state index is 10.6. The molecule has 0 aliphatic carbocycles. The van der Waals surface area contributed by atoms with Gasteiger partial charge in [-0.2, -0.15) is 0 Å². The average Bonchev–Trinajstić information content (AvgIpc) is 2.17. The monoisotopic (exact) mass is 212 g/mol. The second-order valence-electron chi connectivity index (χ2n) is 3.05. The van der Waals surface area contributed by atoms with Gasteiger partial charge >= 0.3 is 5.72 Å². The lowest BCUT2D eigenvalue weighted by Gasteiger charge is -2.13. The molecule has 0 saturated carbocycles. The molecule has 7 heteroatoms. The zero-order valence-corrected chi connectivity index (χ0v) is 7.78. The Bertz CT molecular complexity index is 415. The summed E-state index contributed by atoms with van der Waals surface area (Å²) < 4.78 is 0. The number of rotatable bonds is 3. The first-order valence-corrected chi connectivity index (χ1v) is 3.98. The minimum atomic E-state index is -2.45. The van der Waals surface area contributed by atoms with Crippen molar-refractivity contribution in [3.05, 3.63) is 50.1 Å². The van der Waals surface area contributed by atoms with Crippen LogP contribution in [0.25, 0.3) is 0 Å². The van der Waals surface area contributed by atoms with Crippen molar-refractivity contribution in [3.63, 3.8) is 0 Å². The second kappa shape index (κ2) is 3.62. The Morgan fingerprint density at radius 3 is 2.27 bits per heavy atom. The van der Waals surface area contributed by atoms with E-state index in [9.17, 15) is 25.3 Å². The molecule has 7 nitrogen and oxygen atoms in total. The van der Waals surface area contributed by atoms with Gasteiger partial charge in [-0.05, 0) is 6.07 Å². The molecule has 0 spiro atoms. The van der Waals surface area contributed by atoms with Gasteiger partial charge in [-0.15, -0.1) is 0 Å². The van der Waals surface area contributed by atoms with Gasteiger partial charge in [0.15, 0.2) is 0 Å². The Balaban J connectivity index is 3.37. The molecule has 0 bridgehead atoms. The van der Waals surface area contributed by atoms with Crippen LogP contribution in [-0.2, 0) is 5.72 Å². The first kappa shape index (κ1) is 11.1. The highest BCUT2D eigenvalue weighted by molar-refractivity contribution is 5.42. The molecule has 1 rings (SSSR count). The van der Waals surface area contributed by atoms with E-state index in [1.165, 1.54) is 12.1 Å². The lowest BCUT2D eigenvalue weighted by atomic mass is 10.0. The first-order valence-electron chi connectivity index (χ1n) is 3.98. The first-order chi connectivity index (χ1) is 6.87. The average molecular weight is 212 g/mol. The van der Waals surface area contributed by atoms with E-state index < -0.39 is 21.3 Å². The molecular weight excluding hydrogens is 204 g/mol. The maximum Gasteiger partial charge on any atom is 0.352 e. The van der Waals surface area contributed by atoms with Crippen molar-refractivity contribution in [1.29, 1.82) is 0 Å². The molecule has 0 radical (unpaired) electrons. The number of aliphatic hydroxyl groups is 1. The Morgan fingerprint density at radius 2 is 1.80 bits per heavy atom. The highest BCUT2D eigenvalue weighted by Crippen LogP contribution is 2.29. The third-order valence-electron chi connectivity index (χ3n) is 1.97. The molecule has 0 aliphatic rings. The van der Waals surface area contributed by atoms with Crippen LogP contribution in [0.1, 0.15) is 12.5 Å². The number of nitro benzene ring substituents is 1. The molecule has 80 valence electrons. The summed E-state index contributed by atoms with van der Waals surface area (Å²) in [6, 6.07) is 5.02. The van der Waals surface area contributed by atoms with Gasteiger partial charge in [0.2, 0.25) is 0 Å². The van der Waals surface area contributed by atoms with Crippen molar-refractivity contribution in [2.24, 2.45) is 0 Å². The molecule has 0 amide bonds. The molecule has 1 atom stereocenters. The normalized spacial score (nSPS) is 14.3. The van der Waals surface area contributed by atoms with Gasteiger partial charge in [-0.1, -0.05) is 12.1 Å². The summed E-state index contributed by atoms with van der Waals surface area (Å²) in [7, 11) is 0. The molecule has 0 aliphatic heterocycles. The Hall–Kier alpha value is -2.02. The predicted molar refractivity (Wildman–Crippen MR) is 49.7 cm³/mol. The van der Waals surface area contributed by atoms with Crippen LogP contribution >= 0.6 is 0 Å². The van der Waals surface area contributed by atoms with E-state index >= 15 is 0 Å². The second-order valence-corrected chi connectivity index (χ2v) is 3.05. The van der Waals surface area contributed by atoms with Crippen LogP contribution in [0.15, 0.2) is 24.3 Å². The minimum absolute atomic E-state index is 0.333. The summed E-state index contributed by atoms with van der Waals surface area (Å²) in [5, 5.41) is 30.6. The number of nitro groups is 2. The highest BCUT2D eigenvalue weighted by atomic mass is 16.7. The number of hydrogen-bond acceptors (Lipinski definition) is 5. The third kappa shape index (κ3) is 1.91. The maximum absolute atomic E-state index is 10.6. The van der Waals surface area contributed by atoms with Gasteiger partial charge in [0.05, 0.1) is 9.85 Å². The largest absolute Gasteiger partial charge is 0.352 e. The van der Waals surface area contributed by atoms with Gasteiger partial charge in [0, 0.05) is 13.0 Å². The quantitative estimate of drug-likeness (QED) is 0.457. The van der Waals surface area contributed by atoms with Gasteiger partial charge in [0.25, 0.3) is 5.69 Å². The van der Waals surface area contributed by atoms with E-state index in [1.807, 2.05) is 0 Å². The van der Waals surface area contributed by atoms with Crippen LogP contribution in [0.5, 0.6) is 0 Å². The van der Waals surface area contributed by atoms with E-state index in [-0.39, 0.29) is 5.56 Å². The van der Waals surface area contributed by atoms with Gasteiger partial charge in [-0.3, -0.25) is 20.2 Å². The lowest BCUT2D eigenvalue weighted by Crippen LogP contribution is -2.32. The van der Waals surface area contributed by atoms with Crippen LogP contribution in [0.3, 0.4) is 0 Å². The highest BCUT2D eigenvalue weighted by Gasteiger charge is 2.42. The predicted octanol–water partition coefficient (Wildman–Crippen LogP) is 1.04. The van der Waals surface area contributed by atoms with Crippen LogP contribution in [-0.4, -0.2) is 15.0 Å². The standard InChI is InChI=1S/C8H8N2O5/c1-8(11,10(14)15)6-4-2-3-5-7(6)9(12)13/h2-5,11H,1H3. The summed E-state index contributed by atoms with van der Waals surface area (Å²) in [5.74, 6) is 0. The molecule has 0 saturated heterocycles. The van der Waals surface area contributed by atoms with E-state index in [4.69, 9.17) is 0 Å². The number of para-hydroxylation sites is 1. The minimum Gasteiger partial charge on any atom is -0.327 e. The lowest BCUT2D eigenvalue weighted by molar-refractivity contribution is -0.631. The van der Waals surface area contributed by atoms with Crippen molar-refractivity contribution < 1.29 is 15.0 Å². The van der Waals surface area contributed by atoms with Gasteiger partial charge in [-0.25, -0.2) is 0 Å². The zero-order valence-electron chi connectivity index (χ0n) is 7.78. The Morgan fingerprint density at radius 1 is 1.27 bits per heavy atom. The van der Waals surface area contributed by atoms with Crippen LogP contribution in [0, 0.1) is 20.2 Å². The Labute approximate surface area is 84.3 Å². The van der Waals surface area contributed by atoms with Gasteiger partial charge < -0.3 is 5.11 Å². The smallest absolute Gasteiger partial charge is 0.327 e. The molecule has 1 N–H and O–H groups in total. The van der Waals surface area contributed by atoms with E-state index in [0.717, 1.165) is 19.1 Å². The van der Waals surface area contributed by atoms with E-state index in [2.05, 4.69) is 0 Å². The van der Waals surface area contributed by atoms with Crippen LogP contribution in [0.2, 0.25) is 0 Å². The number of nitrogens with zero attached hydrogens (tertiary/aromatic N) is 2. The summed E-state index contributed by atoms with van der Waals surface area (Å²) in [5.41, 5.74) is -3.26. The van der Waals surface area contributed by atoms with Crippen molar-refractivity contribution in [2.75, 3.05) is 0 Å². The molecule has 1 unspecified atom stereocenters. The molecule has 1 aromatic rings. The van der Waals surface area contributed by atoms with Crippen LogP contribution < -0.4 is 0 Å². The molecule has 0 heterocycles. The Kier molecular flexibility index (Phi) is 2.67. The fourth-order valence-corrected chi connectivity index (χ4v) is 1.13. The molecule has 15 heavy (non-hydrogen) atoms. The van der Waals surface area contributed by atoms with Crippen molar-refractivity contribution in [3.8, 4) is 0 Å². The molecule has 0 fully saturated rings. The molecular formula is C8H8N2O5. The third-order valence-corrected chi connectivity index (χ3v) is 1.97. The van der Waals surface area contributed by atoms with E-state index in [1.54, 1.807) is 0 Å². The summed E-state index contributed by atoms with van der Waals surface area (Å²) in [6.45, 7) is 0.898. The zero-order chi connectivity index (χ0) is 11.6. The number of benzene rings is 1. The number of hydrogen-bond donors (Lipinski definition) is 1. The van der Waals surface area contributed by atoms with Crippen molar-refractivity contribution in [1.82, 2.24) is 0 Å².